The van der Waals surface area contributed by atoms with E-state index in [1.807, 2.05) is 17.9 Å². The van der Waals surface area contributed by atoms with Gasteiger partial charge in [0, 0.05) is 6.54 Å². The van der Waals surface area contributed by atoms with Crippen LogP contribution >= 0.6 is 0 Å². The van der Waals surface area contributed by atoms with Gasteiger partial charge in [-0.05, 0) is 38.3 Å². The zero-order valence-corrected chi connectivity index (χ0v) is 10.4. The lowest BCUT2D eigenvalue weighted by atomic mass is 9.99. The smallest absolute Gasteiger partial charge is 0.0876 e. The number of aromatic nitrogens is 2. The SMILES string of the molecule is CCn1nc(C)cc1C(NN)C1=COCCC1. The fourth-order valence-corrected chi connectivity index (χ4v) is 2.23. The maximum absolute atomic E-state index is 5.68. The Morgan fingerprint density at radius 2 is 2.47 bits per heavy atom. The molecule has 17 heavy (non-hydrogen) atoms. The van der Waals surface area contributed by atoms with Gasteiger partial charge in [0.2, 0.25) is 0 Å². The lowest BCUT2D eigenvalue weighted by Crippen LogP contribution is -2.32. The van der Waals surface area contributed by atoms with E-state index in [0.717, 1.165) is 37.4 Å². The molecule has 0 aromatic carbocycles. The molecule has 0 spiro atoms. The van der Waals surface area contributed by atoms with Gasteiger partial charge in [-0.3, -0.25) is 10.5 Å². The van der Waals surface area contributed by atoms with Crippen molar-refractivity contribution in [2.45, 2.75) is 39.3 Å². The van der Waals surface area contributed by atoms with Gasteiger partial charge < -0.3 is 4.74 Å². The highest BCUT2D eigenvalue weighted by atomic mass is 16.5. The fraction of sp³-hybridized carbons (Fsp3) is 0.583. The third-order valence-electron chi connectivity index (χ3n) is 3.03. The van der Waals surface area contributed by atoms with Gasteiger partial charge >= 0.3 is 0 Å². The molecule has 2 rings (SSSR count). The number of hydrogen-bond acceptors (Lipinski definition) is 4. The second-order valence-corrected chi connectivity index (χ2v) is 4.29. The Hall–Kier alpha value is -1.33. The summed E-state index contributed by atoms with van der Waals surface area (Å²) in [6.07, 6.45) is 3.89. The van der Waals surface area contributed by atoms with Gasteiger partial charge in [0.05, 0.1) is 30.3 Å². The summed E-state index contributed by atoms with van der Waals surface area (Å²) in [5.74, 6) is 5.68. The van der Waals surface area contributed by atoms with Gasteiger partial charge in [-0.1, -0.05) is 0 Å². The maximum Gasteiger partial charge on any atom is 0.0876 e. The molecule has 0 saturated heterocycles. The van der Waals surface area contributed by atoms with E-state index >= 15 is 0 Å². The molecule has 0 saturated carbocycles. The van der Waals surface area contributed by atoms with E-state index < -0.39 is 0 Å². The number of hydrogen-bond donors (Lipinski definition) is 2. The van der Waals surface area contributed by atoms with Gasteiger partial charge in [-0.15, -0.1) is 0 Å². The average Bonchev–Trinajstić information content (AvgIpc) is 2.73. The molecule has 1 aromatic rings. The summed E-state index contributed by atoms with van der Waals surface area (Å²) < 4.78 is 7.36. The first-order chi connectivity index (χ1) is 8.26. The first-order valence-corrected chi connectivity index (χ1v) is 6.07. The number of rotatable bonds is 4. The van der Waals surface area contributed by atoms with Crippen molar-refractivity contribution in [2.75, 3.05) is 6.61 Å². The highest BCUT2D eigenvalue weighted by Crippen LogP contribution is 2.27. The molecule has 5 heteroatoms. The van der Waals surface area contributed by atoms with Crippen LogP contribution in [0.1, 0.15) is 37.2 Å². The molecule has 0 amide bonds. The molecule has 1 aliphatic rings. The number of nitrogens with two attached hydrogens (primary N) is 1. The number of aryl methyl sites for hydroxylation is 2. The van der Waals surface area contributed by atoms with Gasteiger partial charge in [0.15, 0.2) is 0 Å². The number of ether oxygens (including phenoxy) is 1. The fourth-order valence-electron chi connectivity index (χ4n) is 2.23. The molecule has 3 N–H and O–H groups in total. The predicted molar refractivity (Wildman–Crippen MR) is 66.0 cm³/mol. The maximum atomic E-state index is 5.68. The van der Waals surface area contributed by atoms with Crippen LogP contribution in [0.2, 0.25) is 0 Å². The van der Waals surface area contributed by atoms with E-state index in [9.17, 15) is 0 Å². The molecular formula is C12H20N4O. The van der Waals surface area contributed by atoms with E-state index in [4.69, 9.17) is 10.6 Å². The Labute approximate surface area is 102 Å². The normalized spacial score (nSPS) is 17.5. The Kier molecular flexibility index (Phi) is 3.81. The Morgan fingerprint density at radius 3 is 3.06 bits per heavy atom. The summed E-state index contributed by atoms with van der Waals surface area (Å²) in [6.45, 7) is 5.71. The molecule has 0 aliphatic carbocycles. The van der Waals surface area contributed by atoms with Crippen LogP contribution in [0.5, 0.6) is 0 Å². The Bertz CT molecular complexity index is 411. The third-order valence-corrected chi connectivity index (χ3v) is 3.03. The minimum absolute atomic E-state index is 0.00329. The summed E-state index contributed by atoms with van der Waals surface area (Å²) in [5.41, 5.74) is 6.17. The van der Waals surface area contributed by atoms with Crippen molar-refractivity contribution < 1.29 is 4.74 Å². The average molecular weight is 236 g/mol. The van der Waals surface area contributed by atoms with E-state index in [-0.39, 0.29) is 6.04 Å². The molecule has 5 nitrogen and oxygen atoms in total. The summed E-state index contributed by atoms with van der Waals surface area (Å²) in [6, 6.07) is 2.07. The molecule has 94 valence electrons. The molecular weight excluding hydrogens is 216 g/mol. The Balaban J connectivity index is 2.30. The van der Waals surface area contributed by atoms with Gasteiger partial charge in [-0.25, -0.2) is 5.43 Å². The van der Waals surface area contributed by atoms with Crippen molar-refractivity contribution in [3.63, 3.8) is 0 Å². The number of hydrazine groups is 1. The quantitative estimate of drug-likeness (QED) is 0.613. The molecule has 1 aromatic heterocycles. The highest BCUT2D eigenvalue weighted by molar-refractivity contribution is 5.24. The second kappa shape index (κ2) is 5.33. The molecule has 0 radical (unpaired) electrons. The monoisotopic (exact) mass is 236 g/mol. The Morgan fingerprint density at radius 1 is 1.65 bits per heavy atom. The number of nitrogens with zero attached hydrogens (tertiary/aromatic N) is 2. The van der Waals surface area contributed by atoms with Crippen LogP contribution in [0.15, 0.2) is 17.9 Å². The van der Waals surface area contributed by atoms with Crippen molar-refractivity contribution in [3.8, 4) is 0 Å². The van der Waals surface area contributed by atoms with Gasteiger partial charge in [0.1, 0.15) is 0 Å². The zero-order chi connectivity index (χ0) is 12.3. The van der Waals surface area contributed by atoms with Crippen LogP contribution in [-0.2, 0) is 11.3 Å². The van der Waals surface area contributed by atoms with Crippen LogP contribution in [0.4, 0.5) is 0 Å². The van der Waals surface area contributed by atoms with E-state index in [0.29, 0.717) is 0 Å². The van der Waals surface area contributed by atoms with Crippen molar-refractivity contribution in [2.24, 2.45) is 5.84 Å². The molecule has 0 fully saturated rings. The van der Waals surface area contributed by atoms with Crippen molar-refractivity contribution in [3.05, 3.63) is 29.3 Å². The van der Waals surface area contributed by atoms with Crippen molar-refractivity contribution in [1.82, 2.24) is 15.2 Å². The van der Waals surface area contributed by atoms with Gasteiger partial charge in [-0.2, -0.15) is 5.10 Å². The molecule has 1 aliphatic heterocycles. The lowest BCUT2D eigenvalue weighted by Gasteiger charge is -2.23. The van der Waals surface area contributed by atoms with Crippen LogP contribution < -0.4 is 11.3 Å². The van der Waals surface area contributed by atoms with Gasteiger partial charge in [0.25, 0.3) is 0 Å². The topological polar surface area (TPSA) is 65.1 Å². The van der Waals surface area contributed by atoms with E-state index in [1.165, 1.54) is 5.57 Å². The minimum Gasteiger partial charge on any atom is -0.501 e. The lowest BCUT2D eigenvalue weighted by molar-refractivity contribution is 0.219. The molecule has 2 heterocycles. The van der Waals surface area contributed by atoms with Crippen LogP contribution in [0.25, 0.3) is 0 Å². The summed E-state index contributed by atoms with van der Waals surface area (Å²) in [4.78, 5) is 0. The van der Waals surface area contributed by atoms with Crippen LogP contribution in [0, 0.1) is 6.92 Å². The van der Waals surface area contributed by atoms with Crippen molar-refractivity contribution >= 4 is 0 Å². The summed E-state index contributed by atoms with van der Waals surface area (Å²) in [7, 11) is 0. The predicted octanol–water partition coefficient (Wildman–Crippen LogP) is 1.41. The summed E-state index contributed by atoms with van der Waals surface area (Å²) >= 11 is 0. The third kappa shape index (κ3) is 2.50. The highest BCUT2D eigenvalue weighted by Gasteiger charge is 2.21. The van der Waals surface area contributed by atoms with Crippen LogP contribution in [0.3, 0.4) is 0 Å². The standard InChI is InChI=1S/C12H20N4O/c1-3-16-11(7-9(2)15-16)12(14-13)10-5-4-6-17-8-10/h7-8,12,14H,3-6,13H2,1-2H3. The first-order valence-electron chi connectivity index (χ1n) is 6.07. The van der Waals surface area contributed by atoms with Crippen molar-refractivity contribution in [1.29, 1.82) is 0 Å². The largest absolute Gasteiger partial charge is 0.501 e. The zero-order valence-electron chi connectivity index (χ0n) is 10.4. The van der Waals surface area contributed by atoms with Crippen LogP contribution in [-0.4, -0.2) is 16.4 Å². The first kappa shape index (κ1) is 12.1. The second-order valence-electron chi connectivity index (χ2n) is 4.29. The molecule has 1 unspecified atom stereocenters. The van der Waals surface area contributed by atoms with E-state index in [2.05, 4.69) is 23.5 Å². The summed E-state index contributed by atoms with van der Waals surface area (Å²) in [5, 5.41) is 4.45. The number of nitrogens with one attached hydrogen (secondary N) is 1. The van der Waals surface area contributed by atoms with E-state index in [1.54, 1.807) is 0 Å². The molecule has 0 bridgehead atoms. The molecule has 1 atom stereocenters. The minimum atomic E-state index is -0.00329.